The van der Waals surface area contributed by atoms with Crippen molar-refractivity contribution in [1.29, 1.82) is 0 Å². The van der Waals surface area contributed by atoms with Crippen LogP contribution in [0.1, 0.15) is 82.6 Å². The van der Waals surface area contributed by atoms with E-state index in [9.17, 15) is 9.59 Å². The normalized spacial score (nSPS) is 19.2. The predicted molar refractivity (Wildman–Crippen MR) is 131 cm³/mol. The van der Waals surface area contributed by atoms with E-state index in [1.807, 2.05) is 41.0 Å². The molecule has 32 heavy (non-hydrogen) atoms. The number of benzene rings is 1. The SMILES string of the molecule is Cc1ccc(C(=O)N2CCC(C3CCN(C(=O)NC(C)(C)CC(C)(C)C)CC3)CC2)cc1. The van der Waals surface area contributed by atoms with E-state index in [0.717, 1.165) is 63.8 Å². The summed E-state index contributed by atoms with van der Waals surface area (Å²) in [6.45, 7) is 16.3. The smallest absolute Gasteiger partial charge is 0.317 e. The minimum atomic E-state index is -0.205. The molecule has 0 bridgehead atoms. The number of carbonyl (C=O) groups excluding carboxylic acids is 2. The first-order valence-corrected chi connectivity index (χ1v) is 12.4. The Kier molecular flexibility index (Phi) is 7.57. The summed E-state index contributed by atoms with van der Waals surface area (Å²) in [5, 5.41) is 3.26. The highest BCUT2D eigenvalue weighted by molar-refractivity contribution is 5.94. The number of amides is 3. The number of rotatable bonds is 4. The van der Waals surface area contributed by atoms with Crippen LogP contribution in [0.5, 0.6) is 0 Å². The largest absolute Gasteiger partial charge is 0.339 e. The molecular formula is C27H43N3O2. The van der Waals surface area contributed by atoms with Crippen LogP contribution in [-0.4, -0.2) is 53.5 Å². The fourth-order valence-electron chi connectivity index (χ4n) is 5.77. The van der Waals surface area contributed by atoms with Crippen LogP contribution in [0.2, 0.25) is 0 Å². The van der Waals surface area contributed by atoms with Gasteiger partial charge in [-0.3, -0.25) is 4.79 Å². The molecule has 0 aromatic heterocycles. The Bertz CT molecular complexity index is 778. The molecule has 1 N–H and O–H groups in total. The summed E-state index contributed by atoms with van der Waals surface area (Å²) in [4.78, 5) is 29.6. The number of nitrogens with one attached hydrogen (secondary N) is 1. The lowest BCUT2D eigenvalue weighted by atomic mass is 9.78. The molecule has 0 saturated carbocycles. The van der Waals surface area contributed by atoms with Gasteiger partial charge in [-0.15, -0.1) is 0 Å². The topological polar surface area (TPSA) is 52.7 Å². The van der Waals surface area contributed by atoms with Crippen molar-refractivity contribution < 1.29 is 9.59 Å². The van der Waals surface area contributed by atoms with E-state index >= 15 is 0 Å². The molecule has 3 amide bonds. The zero-order valence-corrected chi connectivity index (χ0v) is 21.0. The van der Waals surface area contributed by atoms with E-state index in [4.69, 9.17) is 0 Å². The molecule has 0 aliphatic carbocycles. The molecule has 0 spiro atoms. The van der Waals surface area contributed by atoms with Crippen molar-refractivity contribution in [2.45, 2.75) is 79.2 Å². The summed E-state index contributed by atoms with van der Waals surface area (Å²) in [5.41, 5.74) is 1.95. The van der Waals surface area contributed by atoms with Crippen molar-refractivity contribution in [3.63, 3.8) is 0 Å². The molecule has 5 nitrogen and oxygen atoms in total. The second-order valence-corrected chi connectivity index (χ2v) is 11.9. The highest BCUT2D eigenvalue weighted by Crippen LogP contribution is 2.33. The Hall–Kier alpha value is -2.04. The predicted octanol–water partition coefficient (Wildman–Crippen LogP) is 5.48. The molecule has 1 aromatic carbocycles. The third kappa shape index (κ3) is 6.73. The number of carbonyl (C=O) groups is 2. The Morgan fingerprint density at radius 1 is 0.844 bits per heavy atom. The minimum Gasteiger partial charge on any atom is -0.339 e. The lowest BCUT2D eigenvalue weighted by Gasteiger charge is -2.41. The van der Waals surface area contributed by atoms with Crippen molar-refractivity contribution in [3.8, 4) is 0 Å². The molecule has 2 saturated heterocycles. The maximum Gasteiger partial charge on any atom is 0.317 e. The van der Waals surface area contributed by atoms with Crippen molar-refractivity contribution in [1.82, 2.24) is 15.1 Å². The van der Waals surface area contributed by atoms with E-state index < -0.39 is 0 Å². The Labute approximate surface area is 194 Å². The van der Waals surface area contributed by atoms with Gasteiger partial charge >= 0.3 is 6.03 Å². The van der Waals surface area contributed by atoms with Crippen LogP contribution in [0.4, 0.5) is 4.79 Å². The highest BCUT2D eigenvalue weighted by Gasteiger charge is 2.34. The van der Waals surface area contributed by atoms with Gasteiger partial charge in [0.25, 0.3) is 5.91 Å². The van der Waals surface area contributed by atoms with Gasteiger partial charge in [0.2, 0.25) is 0 Å². The van der Waals surface area contributed by atoms with E-state index in [0.29, 0.717) is 11.8 Å². The summed E-state index contributed by atoms with van der Waals surface area (Å²) in [6.07, 6.45) is 5.25. The van der Waals surface area contributed by atoms with Crippen LogP contribution in [-0.2, 0) is 0 Å². The number of nitrogens with zero attached hydrogens (tertiary/aromatic N) is 2. The highest BCUT2D eigenvalue weighted by atomic mass is 16.2. The first kappa shape index (κ1) is 24.6. The Morgan fingerprint density at radius 3 is 1.78 bits per heavy atom. The number of hydrogen-bond donors (Lipinski definition) is 1. The Morgan fingerprint density at radius 2 is 1.31 bits per heavy atom. The molecule has 2 fully saturated rings. The third-order valence-corrected chi connectivity index (χ3v) is 7.04. The average Bonchev–Trinajstić information content (AvgIpc) is 2.72. The van der Waals surface area contributed by atoms with Crippen molar-refractivity contribution in [2.24, 2.45) is 17.3 Å². The lowest BCUT2D eigenvalue weighted by molar-refractivity contribution is 0.0613. The van der Waals surface area contributed by atoms with E-state index in [1.54, 1.807) is 0 Å². The summed E-state index contributed by atoms with van der Waals surface area (Å²) >= 11 is 0. The second kappa shape index (κ2) is 9.84. The molecule has 5 heteroatoms. The number of likely N-dealkylation sites (tertiary alicyclic amines) is 2. The number of piperidine rings is 2. The fourth-order valence-corrected chi connectivity index (χ4v) is 5.77. The molecule has 0 unspecified atom stereocenters. The first-order valence-electron chi connectivity index (χ1n) is 12.4. The van der Waals surface area contributed by atoms with E-state index in [-0.39, 0.29) is 22.9 Å². The molecule has 3 rings (SSSR count). The van der Waals surface area contributed by atoms with Gasteiger partial charge in [0, 0.05) is 37.3 Å². The third-order valence-electron chi connectivity index (χ3n) is 7.04. The molecule has 2 aliphatic rings. The van der Waals surface area contributed by atoms with Crippen LogP contribution in [0.15, 0.2) is 24.3 Å². The van der Waals surface area contributed by atoms with Gasteiger partial charge in [-0.1, -0.05) is 38.5 Å². The van der Waals surface area contributed by atoms with Gasteiger partial charge in [-0.2, -0.15) is 0 Å². The van der Waals surface area contributed by atoms with Crippen LogP contribution in [0.25, 0.3) is 0 Å². The first-order chi connectivity index (χ1) is 14.9. The quantitative estimate of drug-likeness (QED) is 0.672. The average molecular weight is 442 g/mol. The molecule has 178 valence electrons. The van der Waals surface area contributed by atoms with Crippen LogP contribution in [0, 0.1) is 24.2 Å². The number of aryl methyl sites for hydroxylation is 1. The molecule has 2 aliphatic heterocycles. The van der Waals surface area contributed by atoms with E-state index in [2.05, 4.69) is 39.9 Å². The minimum absolute atomic E-state index is 0.0798. The maximum absolute atomic E-state index is 12.8. The lowest BCUT2D eigenvalue weighted by Crippen LogP contribution is -2.53. The standard InChI is InChI=1S/C27H43N3O2/c1-20-7-9-23(10-8-20)24(31)29-15-11-21(12-16-29)22-13-17-30(18-14-22)25(32)28-27(5,6)19-26(2,3)4/h7-10,21-22H,11-19H2,1-6H3,(H,28,32). The monoisotopic (exact) mass is 441 g/mol. The number of hydrogen-bond acceptors (Lipinski definition) is 2. The van der Waals surface area contributed by atoms with E-state index in [1.165, 1.54) is 5.56 Å². The summed E-state index contributed by atoms with van der Waals surface area (Å²) in [7, 11) is 0. The maximum atomic E-state index is 12.8. The summed E-state index contributed by atoms with van der Waals surface area (Å²) in [5.74, 6) is 1.49. The molecule has 2 heterocycles. The zero-order valence-electron chi connectivity index (χ0n) is 21.0. The van der Waals surface area contributed by atoms with Gasteiger partial charge in [0.15, 0.2) is 0 Å². The van der Waals surface area contributed by atoms with Crippen molar-refractivity contribution >= 4 is 11.9 Å². The van der Waals surface area contributed by atoms with Gasteiger partial charge in [-0.25, -0.2) is 4.79 Å². The van der Waals surface area contributed by atoms with Gasteiger partial charge in [-0.05, 0) is 82.3 Å². The second-order valence-electron chi connectivity index (χ2n) is 11.9. The van der Waals surface area contributed by atoms with Crippen LogP contribution >= 0.6 is 0 Å². The molecule has 0 radical (unpaired) electrons. The van der Waals surface area contributed by atoms with Gasteiger partial charge < -0.3 is 15.1 Å². The number of urea groups is 1. The molecule has 0 atom stereocenters. The van der Waals surface area contributed by atoms with Crippen LogP contribution < -0.4 is 5.32 Å². The van der Waals surface area contributed by atoms with Gasteiger partial charge in [0.05, 0.1) is 0 Å². The fraction of sp³-hybridized carbons (Fsp3) is 0.704. The zero-order chi connectivity index (χ0) is 23.5. The molecule has 1 aromatic rings. The van der Waals surface area contributed by atoms with Crippen molar-refractivity contribution in [3.05, 3.63) is 35.4 Å². The molecular weight excluding hydrogens is 398 g/mol. The Balaban J connectivity index is 1.43. The van der Waals surface area contributed by atoms with Gasteiger partial charge in [0.1, 0.15) is 0 Å². The summed E-state index contributed by atoms with van der Waals surface area (Å²) < 4.78 is 0. The van der Waals surface area contributed by atoms with Crippen LogP contribution in [0.3, 0.4) is 0 Å². The summed E-state index contributed by atoms with van der Waals surface area (Å²) in [6, 6.07) is 7.97. The van der Waals surface area contributed by atoms with Crippen molar-refractivity contribution in [2.75, 3.05) is 26.2 Å².